The predicted octanol–water partition coefficient (Wildman–Crippen LogP) is 3.28. The Kier molecular flexibility index (Phi) is 19.7. The standard InChI is InChI=1S/2C15H18N4O2.4ClH.H2O/c2*20-13-3-2-12(10-14(13)21)11-18-6-8-19(9-7-18)15-16-4-1-5-17-15;;;;;/h2*1-5,10,20-21H,6-9,11H2;4*1H;1H2. The monoisotopic (exact) mass is 734 g/mol. The van der Waals surface area contributed by atoms with Crippen LogP contribution < -0.4 is 9.80 Å². The van der Waals surface area contributed by atoms with Gasteiger partial charge in [-0.3, -0.25) is 9.80 Å². The average Bonchev–Trinajstić information content (AvgIpc) is 3.03. The van der Waals surface area contributed by atoms with Crippen LogP contribution in [0.15, 0.2) is 73.3 Å². The van der Waals surface area contributed by atoms with Crippen LogP contribution in [0.5, 0.6) is 23.0 Å². The molecule has 0 radical (unpaired) electrons. The molecule has 2 fully saturated rings. The fourth-order valence-electron chi connectivity index (χ4n) is 4.97. The van der Waals surface area contributed by atoms with Gasteiger partial charge in [0.25, 0.3) is 0 Å². The Balaban J connectivity index is 0.000000814. The first-order chi connectivity index (χ1) is 20.4. The summed E-state index contributed by atoms with van der Waals surface area (Å²) in [6.45, 7) is 8.72. The summed E-state index contributed by atoms with van der Waals surface area (Å²) in [5.74, 6) is 1.26. The minimum Gasteiger partial charge on any atom is -0.504 e. The van der Waals surface area contributed by atoms with Gasteiger partial charge >= 0.3 is 0 Å². The van der Waals surface area contributed by atoms with Crippen LogP contribution in [-0.2, 0) is 13.1 Å². The highest BCUT2D eigenvalue weighted by Crippen LogP contribution is 2.27. The Morgan fingerprint density at radius 1 is 0.468 bits per heavy atom. The van der Waals surface area contributed by atoms with Crippen molar-refractivity contribution in [3.8, 4) is 23.0 Å². The molecule has 2 saturated heterocycles. The van der Waals surface area contributed by atoms with Crippen LogP contribution in [0.2, 0.25) is 0 Å². The Hall–Kier alpha value is -3.56. The Morgan fingerprint density at radius 3 is 1.09 bits per heavy atom. The summed E-state index contributed by atoms with van der Waals surface area (Å²) in [4.78, 5) is 26.0. The van der Waals surface area contributed by atoms with Crippen molar-refractivity contribution in [2.24, 2.45) is 0 Å². The molecular formula is C30H42Cl4N8O5. The Labute approximate surface area is 298 Å². The van der Waals surface area contributed by atoms with E-state index in [9.17, 15) is 20.4 Å². The largest absolute Gasteiger partial charge is 0.504 e. The van der Waals surface area contributed by atoms with Crippen LogP contribution in [0.1, 0.15) is 11.1 Å². The molecule has 4 heterocycles. The Morgan fingerprint density at radius 2 is 0.787 bits per heavy atom. The van der Waals surface area contributed by atoms with Crippen LogP contribution in [0.25, 0.3) is 0 Å². The first-order valence-corrected chi connectivity index (χ1v) is 13.9. The van der Waals surface area contributed by atoms with E-state index < -0.39 is 0 Å². The topological polar surface area (TPSA) is 177 Å². The van der Waals surface area contributed by atoms with Crippen molar-refractivity contribution in [2.75, 3.05) is 62.2 Å². The smallest absolute Gasteiger partial charge is 0.225 e. The van der Waals surface area contributed by atoms with Crippen molar-refractivity contribution in [3.05, 3.63) is 84.4 Å². The predicted molar refractivity (Wildman–Crippen MR) is 191 cm³/mol. The molecule has 2 aromatic heterocycles. The second-order valence-electron chi connectivity index (χ2n) is 10.3. The van der Waals surface area contributed by atoms with Crippen LogP contribution >= 0.6 is 49.6 Å². The van der Waals surface area contributed by atoms with E-state index in [0.29, 0.717) is 0 Å². The number of piperazine rings is 2. The number of aromatic hydroxyl groups is 4. The maximum atomic E-state index is 9.53. The minimum absolute atomic E-state index is 0. The third-order valence-electron chi connectivity index (χ3n) is 7.31. The van der Waals surface area contributed by atoms with Crippen LogP contribution in [0, 0.1) is 0 Å². The van der Waals surface area contributed by atoms with Gasteiger partial charge in [0.15, 0.2) is 23.0 Å². The van der Waals surface area contributed by atoms with Crippen molar-refractivity contribution in [3.63, 3.8) is 0 Å². The van der Waals surface area contributed by atoms with Gasteiger partial charge in [-0.25, -0.2) is 19.9 Å². The molecule has 0 atom stereocenters. The first kappa shape index (κ1) is 43.4. The fraction of sp³-hybridized carbons (Fsp3) is 0.333. The van der Waals surface area contributed by atoms with E-state index in [2.05, 4.69) is 39.5 Å². The molecule has 0 spiro atoms. The highest BCUT2D eigenvalue weighted by Gasteiger charge is 2.20. The summed E-state index contributed by atoms with van der Waals surface area (Å²) >= 11 is 0. The molecule has 4 aromatic rings. The maximum Gasteiger partial charge on any atom is 0.225 e. The van der Waals surface area contributed by atoms with Gasteiger partial charge in [-0.05, 0) is 47.5 Å². The minimum atomic E-state index is -0.0789. The molecule has 6 N–H and O–H groups in total. The number of phenols is 4. The zero-order valence-electron chi connectivity index (χ0n) is 25.5. The zero-order chi connectivity index (χ0) is 29.3. The number of rotatable bonds is 6. The molecule has 0 bridgehead atoms. The molecule has 0 unspecified atom stereocenters. The SMILES string of the molecule is Cl.Cl.Cl.Cl.O.Oc1ccc(CN2CCN(c3ncccn3)CC2)cc1O.Oc1ccc(CN2CCN(c3ncccn3)CC2)cc1O. The molecular weight excluding hydrogens is 694 g/mol. The molecule has 0 aliphatic carbocycles. The third-order valence-corrected chi connectivity index (χ3v) is 7.31. The lowest BCUT2D eigenvalue weighted by Crippen LogP contribution is -2.46. The molecule has 2 aromatic carbocycles. The van der Waals surface area contributed by atoms with Gasteiger partial charge in [-0.15, -0.1) is 49.6 Å². The first-order valence-electron chi connectivity index (χ1n) is 13.9. The lowest BCUT2D eigenvalue weighted by atomic mass is 10.1. The summed E-state index contributed by atoms with van der Waals surface area (Å²) in [6.07, 6.45) is 7.03. The molecule has 0 saturated carbocycles. The second kappa shape index (κ2) is 21.3. The number of hydrogen-bond acceptors (Lipinski definition) is 12. The van der Waals surface area contributed by atoms with Crippen molar-refractivity contribution in [2.45, 2.75) is 13.1 Å². The van der Waals surface area contributed by atoms with Crippen molar-refractivity contribution < 1.29 is 25.9 Å². The number of anilines is 2. The third kappa shape index (κ3) is 12.5. The summed E-state index contributed by atoms with van der Waals surface area (Å²) in [7, 11) is 0. The number of nitrogens with zero attached hydrogens (tertiary/aromatic N) is 8. The summed E-state index contributed by atoms with van der Waals surface area (Å²) in [5, 5.41) is 37.7. The number of phenolic OH excluding ortho intramolecular Hbond substituents is 4. The zero-order valence-corrected chi connectivity index (χ0v) is 28.8. The summed E-state index contributed by atoms with van der Waals surface area (Å²) in [5.41, 5.74) is 1.99. The second-order valence-corrected chi connectivity index (χ2v) is 10.3. The Bertz CT molecular complexity index is 1330. The van der Waals surface area contributed by atoms with E-state index in [4.69, 9.17) is 0 Å². The van der Waals surface area contributed by atoms with Gasteiger partial charge in [-0.2, -0.15) is 0 Å². The van der Waals surface area contributed by atoms with Crippen LogP contribution in [0.4, 0.5) is 11.9 Å². The summed E-state index contributed by atoms with van der Waals surface area (Å²) < 4.78 is 0. The van der Waals surface area contributed by atoms with Gasteiger partial charge < -0.3 is 35.7 Å². The van der Waals surface area contributed by atoms with E-state index in [0.717, 1.165) is 88.5 Å². The van der Waals surface area contributed by atoms with E-state index in [1.165, 1.54) is 12.1 Å². The van der Waals surface area contributed by atoms with Crippen LogP contribution in [-0.4, -0.2) is 108 Å². The van der Waals surface area contributed by atoms with Crippen molar-refractivity contribution in [1.29, 1.82) is 0 Å². The van der Waals surface area contributed by atoms with Gasteiger partial charge in [0, 0.05) is 90.2 Å². The van der Waals surface area contributed by atoms with E-state index in [1.807, 2.05) is 24.3 Å². The van der Waals surface area contributed by atoms with E-state index >= 15 is 0 Å². The van der Waals surface area contributed by atoms with Crippen molar-refractivity contribution >= 4 is 61.5 Å². The van der Waals surface area contributed by atoms with Gasteiger partial charge in [0.1, 0.15) is 0 Å². The lowest BCUT2D eigenvalue weighted by Gasteiger charge is -2.34. The molecule has 17 heteroatoms. The van der Waals surface area contributed by atoms with E-state index in [1.54, 1.807) is 36.9 Å². The number of benzene rings is 2. The number of aromatic nitrogens is 4. The maximum absolute atomic E-state index is 9.53. The molecule has 260 valence electrons. The number of hydrogen-bond donors (Lipinski definition) is 4. The normalized spacial score (nSPS) is 14.4. The molecule has 6 rings (SSSR count). The van der Waals surface area contributed by atoms with Crippen LogP contribution in [0.3, 0.4) is 0 Å². The molecule has 2 aliphatic heterocycles. The fourth-order valence-corrected chi connectivity index (χ4v) is 4.97. The summed E-state index contributed by atoms with van der Waals surface area (Å²) in [6, 6.07) is 13.6. The lowest BCUT2D eigenvalue weighted by molar-refractivity contribution is 0.248. The molecule has 2 aliphatic rings. The van der Waals surface area contributed by atoms with Crippen molar-refractivity contribution in [1.82, 2.24) is 29.7 Å². The highest BCUT2D eigenvalue weighted by atomic mass is 35.5. The van der Waals surface area contributed by atoms with E-state index in [-0.39, 0.29) is 78.1 Å². The molecule has 13 nitrogen and oxygen atoms in total. The highest BCUT2D eigenvalue weighted by molar-refractivity contribution is 5.86. The quantitative estimate of drug-likeness (QED) is 0.213. The average molecular weight is 737 g/mol. The molecule has 0 amide bonds. The molecule has 47 heavy (non-hydrogen) atoms. The van der Waals surface area contributed by atoms with Gasteiger partial charge in [-0.1, -0.05) is 12.1 Å². The van der Waals surface area contributed by atoms with Gasteiger partial charge in [0.2, 0.25) is 11.9 Å². The van der Waals surface area contributed by atoms with Gasteiger partial charge in [0.05, 0.1) is 0 Å². The number of halogens is 4.